The summed E-state index contributed by atoms with van der Waals surface area (Å²) in [6, 6.07) is 12.0. The van der Waals surface area contributed by atoms with Gasteiger partial charge in [-0.25, -0.2) is 4.85 Å². The minimum atomic E-state index is -4.68. The Morgan fingerprint density at radius 1 is 0.931 bits per heavy atom. The van der Waals surface area contributed by atoms with Crippen molar-refractivity contribution in [3.05, 3.63) is 70.8 Å². The van der Waals surface area contributed by atoms with Gasteiger partial charge in [-0.05, 0) is 23.0 Å². The van der Waals surface area contributed by atoms with Crippen molar-refractivity contribution < 1.29 is 13.2 Å². The molecule has 29 heavy (non-hydrogen) atoms. The molecule has 0 saturated carbocycles. The zero-order valence-electron chi connectivity index (χ0n) is 16.6. The van der Waals surface area contributed by atoms with Gasteiger partial charge in [-0.1, -0.05) is 70.2 Å². The summed E-state index contributed by atoms with van der Waals surface area (Å²) in [5.74, 6) is -1.15. The highest BCUT2D eigenvalue weighted by molar-refractivity contribution is 5.66. The Bertz CT molecular complexity index is 1030. The Kier molecular flexibility index (Phi) is 5.47. The van der Waals surface area contributed by atoms with E-state index in [4.69, 9.17) is 6.57 Å². The van der Waals surface area contributed by atoms with Crippen LogP contribution in [0.2, 0.25) is 0 Å². The lowest BCUT2D eigenvalue weighted by atomic mass is 9.91. The molecule has 0 aliphatic heterocycles. The molecule has 1 heterocycles. The van der Waals surface area contributed by atoms with E-state index in [2.05, 4.69) is 15.0 Å². The van der Waals surface area contributed by atoms with Crippen LogP contribution in [-0.2, 0) is 6.18 Å². The highest BCUT2D eigenvalue weighted by atomic mass is 19.4. The fraction of sp³-hybridized carbons (Fsp3) is 0.318. The third-order valence-corrected chi connectivity index (χ3v) is 4.70. The molecule has 4 nitrogen and oxygen atoms in total. The molecule has 0 unspecified atom stereocenters. The van der Waals surface area contributed by atoms with E-state index in [1.165, 1.54) is 0 Å². The number of aromatic nitrogens is 3. The molecule has 0 N–H and O–H groups in total. The quantitative estimate of drug-likeness (QED) is 0.456. The lowest BCUT2D eigenvalue weighted by Gasteiger charge is -2.24. The van der Waals surface area contributed by atoms with Crippen LogP contribution in [0.5, 0.6) is 0 Å². The summed E-state index contributed by atoms with van der Waals surface area (Å²) in [4.78, 5) is 3.52. The second kappa shape index (κ2) is 7.70. The van der Waals surface area contributed by atoms with E-state index in [0.717, 1.165) is 4.57 Å². The van der Waals surface area contributed by atoms with Gasteiger partial charge >= 0.3 is 6.18 Å². The van der Waals surface area contributed by atoms with Crippen LogP contribution < -0.4 is 0 Å². The Balaban J connectivity index is 2.48. The van der Waals surface area contributed by atoms with E-state index in [1.807, 2.05) is 27.7 Å². The largest absolute Gasteiger partial charge is 0.452 e. The first-order valence-corrected chi connectivity index (χ1v) is 9.28. The highest BCUT2D eigenvalue weighted by Gasteiger charge is 2.40. The molecule has 7 heteroatoms. The van der Waals surface area contributed by atoms with Crippen molar-refractivity contribution in [2.75, 3.05) is 0 Å². The topological polar surface area (TPSA) is 35.1 Å². The van der Waals surface area contributed by atoms with Crippen LogP contribution in [-0.4, -0.2) is 14.8 Å². The molecule has 1 aromatic heterocycles. The third kappa shape index (κ3) is 3.88. The number of benzene rings is 2. The molecule has 0 spiro atoms. The fourth-order valence-electron chi connectivity index (χ4n) is 3.32. The lowest BCUT2D eigenvalue weighted by molar-refractivity contribution is -0.146. The van der Waals surface area contributed by atoms with Crippen LogP contribution in [0.25, 0.3) is 21.9 Å². The van der Waals surface area contributed by atoms with Crippen molar-refractivity contribution in [3.8, 4) is 17.1 Å². The van der Waals surface area contributed by atoms with Gasteiger partial charge in [0.05, 0.1) is 12.3 Å². The molecule has 0 fully saturated rings. The van der Waals surface area contributed by atoms with E-state index in [9.17, 15) is 13.2 Å². The predicted octanol–water partition coefficient (Wildman–Crippen LogP) is 6.75. The van der Waals surface area contributed by atoms with Gasteiger partial charge in [-0.15, -0.1) is 10.2 Å². The molecule has 0 aliphatic carbocycles. The molecule has 0 atom stereocenters. The number of alkyl halides is 3. The van der Waals surface area contributed by atoms with E-state index in [-0.39, 0.29) is 17.7 Å². The van der Waals surface area contributed by atoms with Crippen LogP contribution >= 0.6 is 0 Å². The average Bonchev–Trinajstić information content (AvgIpc) is 3.12. The molecule has 0 amide bonds. The Hall–Kier alpha value is -3.14. The van der Waals surface area contributed by atoms with Crippen LogP contribution in [0.15, 0.2) is 42.5 Å². The molecule has 0 aliphatic rings. The van der Waals surface area contributed by atoms with Crippen molar-refractivity contribution in [1.29, 1.82) is 0 Å². The SMILES string of the molecule is [C-]#[N+]c1cc(C(C)C)c(-n2c(-c3ccccc3)nnc2C(F)(F)F)c(C(C)C)c1. The number of halogens is 3. The molecule has 2 aromatic carbocycles. The van der Waals surface area contributed by atoms with E-state index < -0.39 is 12.0 Å². The maximum atomic E-state index is 13.9. The molecule has 150 valence electrons. The first-order chi connectivity index (χ1) is 13.6. The number of hydrogen-bond acceptors (Lipinski definition) is 2. The summed E-state index contributed by atoms with van der Waals surface area (Å²) < 4.78 is 42.8. The van der Waals surface area contributed by atoms with Gasteiger partial charge in [-0.3, -0.25) is 4.57 Å². The van der Waals surface area contributed by atoms with Crippen molar-refractivity contribution in [1.82, 2.24) is 14.8 Å². The first kappa shape index (κ1) is 20.6. The van der Waals surface area contributed by atoms with Crippen molar-refractivity contribution >= 4 is 5.69 Å². The summed E-state index contributed by atoms with van der Waals surface area (Å²) in [6.45, 7) is 15.0. The Labute approximate surface area is 167 Å². The minimum absolute atomic E-state index is 0.101. The van der Waals surface area contributed by atoms with Crippen molar-refractivity contribution in [3.63, 3.8) is 0 Å². The molecule has 0 radical (unpaired) electrons. The van der Waals surface area contributed by atoms with E-state index in [0.29, 0.717) is 28.1 Å². The predicted molar refractivity (Wildman–Crippen MR) is 106 cm³/mol. The van der Waals surface area contributed by atoms with Gasteiger partial charge in [0, 0.05) is 5.56 Å². The zero-order valence-corrected chi connectivity index (χ0v) is 16.6. The van der Waals surface area contributed by atoms with Crippen LogP contribution in [0, 0.1) is 6.57 Å². The van der Waals surface area contributed by atoms with E-state index in [1.54, 1.807) is 42.5 Å². The summed E-state index contributed by atoms with van der Waals surface area (Å²) in [6.07, 6.45) is -4.68. The summed E-state index contributed by atoms with van der Waals surface area (Å²) >= 11 is 0. The summed E-state index contributed by atoms with van der Waals surface area (Å²) in [7, 11) is 0. The minimum Gasteiger partial charge on any atom is -0.271 e. The monoisotopic (exact) mass is 398 g/mol. The summed E-state index contributed by atoms with van der Waals surface area (Å²) in [5.41, 5.74) is 2.66. The summed E-state index contributed by atoms with van der Waals surface area (Å²) in [5, 5.41) is 7.42. The van der Waals surface area contributed by atoms with Crippen molar-refractivity contribution in [2.45, 2.75) is 45.7 Å². The standard InChI is InChI=1S/C22H21F3N4/c1-13(2)17-11-16(26-5)12-18(14(3)4)19(17)29-20(15-9-7-6-8-10-15)27-28-21(29)22(23,24)25/h6-14H,1-4H3. The van der Waals surface area contributed by atoms with Gasteiger partial charge in [0.15, 0.2) is 11.5 Å². The fourth-order valence-corrected chi connectivity index (χ4v) is 3.32. The van der Waals surface area contributed by atoms with Crippen LogP contribution in [0.4, 0.5) is 18.9 Å². The van der Waals surface area contributed by atoms with Gasteiger partial charge in [0.2, 0.25) is 5.82 Å². The molecule has 0 saturated heterocycles. The molecule has 3 aromatic rings. The van der Waals surface area contributed by atoms with E-state index >= 15 is 0 Å². The maximum Gasteiger partial charge on any atom is 0.452 e. The maximum absolute atomic E-state index is 13.9. The second-order valence-corrected chi connectivity index (χ2v) is 7.44. The smallest absolute Gasteiger partial charge is 0.271 e. The molecule has 0 bridgehead atoms. The normalized spacial score (nSPS) is 11.9. The van der Waals surface area contributed by atoms with Crippen LogP contribution in [0.3, 0.4) is 0 Å². The molecule has 3 rings (SSSR count). The van der Waals surface area contributed by atoms with Crippen molar-refractivity contribution in [2.24, 2.45) is 0 Å². The Morgan fingerprint density at radius 2 is 1.48 bits per heavy atom. The second-order valence-electron chi connectivity index (χ2n) is 7.44. The van der Waals surface area contributed by atoms with Gasteiger partial charge < -0.3 is 0 Å². The molecular weight excluding hydrogens is 377 g/mol. The van der Waals surface area contributed by atoms with Gasteiger partial charge in [0.25, 0.3) is 0 Å². The number of rotatable bonds is 4. The molecular formula is C22H21F3N4. The zero-order chi connectivity index (χ0) is 21.3. The highest BCUT2D eigenvalue weighted by Crippen LogP contribution is 2.40. The van der Waals surface area contributed by atoms with Crippen LogP contribution in [0.1, 0.15) is 56.5 Å². The lowest BCUT2D eigenvalue weighted by Crippen LogP contribution is -2.18. The first-order valence-electron chi connectivity index (χ1n) is 9.28. The average molecular weight is 398 g/mol. The Morgan fingerprint density at radius 3 is 1.93 bits per heavy atom. The van der Waals surface area contributed by atoms with Gasteiger partial charge in [-0.2, -0.15) is 13.2 Å². The third-order valence-electron chi connectivity index (χ3n) is 4.70. The van der Waals surface area contributed by atoms with Gasteiger partial charge in [0.1, 0.15) is 0 Å². The number of hydrogen-bond donors (Lipinski definition) is 0. The number of nitrogens with zero attached hydrogens (tertiary/aromatic N) is 4.